The van der Waals surface area contributed by atoms with Crippen molar-refractivity contribution < 1.29 is 9.90 Å². The van der Waals surface area contributed by atoms with Gasteiger partial charge < -0.3 is 5.11 Å². The van der Waals surface area contributed by atoms with Crippen molar-refractivity contribution in [2.75, 3.05) is 0 Å². The van der Waals surface area contributed by atoms with E-state index in [1.54, 1.807) is 18.2 Å². The minimum Gasteiger partial charge on any atom is -0.481 e. The average molecular weight is 301 g/mol. The molecule has 104 valence electrons. The SMILES string of the molecule is CCCC1CCC(C(=O)O)(c2ccc(Cl)cc2Cl)C1. The van der Waals surface area contributed by atoms with Crippen molar-refractivity contribution in [1.29, 1.82) is 0 Å². The van der Waals surface area contributed by atoms with E-state index in [1.807, 2.05) is 0 Å². The number of carboxylic acids is 1. The van der Waals surface area contributed by atoms with Crippen LogP contribution in [0.25, 0.3) is 0 Å². The number of benzene rings is 1. The molecule has 1 aromatic carbocycles. The van der Waals surface area contributed by atoms with E-state index >= 15 is 0 Å². The van der Waals surface area contributed by atoms with Crippen LogP contribution in [0.15, 0.2) is 18.2 Å². The fourth-order valence-corrected chi connectivity index (χ4v) is 3.82. The topological polar surface area (TPSA) is 37.3 Å². The highest BCUT2D eigenvalue weighted by Crippen LogP contribution is 2.48. The largest absolute Gasteiger partial charge is 0.481 e. The summed E-state index contributed by atoms with van der Waals surface area (Å²) in [6, 6.07) is 5.13. The van der Waals surface area contributed by atoms with Gasteiger partial charge in [-0.3, -0.25) is 4.79 Å². The third-order valence-corrected chi connectivity index (χ3v) is 4.72. The molecular formula is C15H18Cl2O2. The summed E-state index contributed by atoms with van der Waals surface area (Å²) >= 11 is 12.1. The molecule has 1 fully saturated rings. The van der Waals surface area contributed by atoms with E-state index in [4.69, 9.17) is 23.2 Å². The summed E-state index contributed by atoms with van der Waals surface area (Å²) in [5.41, 5.74) is -0.119. The summed E-state index contributed by atoms with van der Waals surface area (Å²) in [6.07, 6.45) is 4.47. The second-order valence-corrected chi connectivity index (χ2v) is 6.25. The van der Waals surface area contributed by atoms with E-state index in [0.717, 1.165) is 19.3 Å². The molecule has 0 amide bonds. The van der Waals surface area contributed by atoms with E-state index < -0.39 is 11.4 Å². The van der Waals surface area contributed by atoms with Crippen molar-refractivity contribution in [3.63, 3.8) is 0 Å². The summed E-state index contributed by atoms with van der Waals surface area (Å²) in [5, 5.41) is 10.7. The molecular weight excluding hydrogens is 283 g/mol. The highest BCUT2D eigenvalue weighted by Gasteiger charge is 2.47. The number of hydrogen-bond donors (Lipinski definition) is 1. The molecule has 2 rings (SSSR count). The molecule has 19 heavy (non-hydrogen) atoms. The second-order valence-electron chi connectivity index (χ2n) is 5.41. The van der Waals surface area contributed by atoms with Crippen molar-refractivity contribution in [1.82, 2.24) is 0 Å². The predicted molar refractivity (Wildman–Crippen MR) is 78.0 cm³/mol. The molecule has 0 aliphatic heterocycles. The van der Waals surface area contributed by atoms with Gasteiger partial charge in [0.15, 0.2) is 0 Å². The minimum absolute atomic E-state index is 0.465. The van der Waals surface area contributed by atoms with Crippen LogP contribution in [0.5, 0.6) is 0 Å². The lowest BCUT2D eigenvalue weighted by Crippen LogP contribution is -2.33. The van der Waals surface area contributed by atoms with Gasteiger partial charge in [0.2, 0.25) is 0 Å². The lowest BCUT2D eigenvalue weighted by molar-refractivity contribution is -0.143. The Morgan fingerprint density at radius 3 is 2.79 bits per heavy atom. The van der Waals surface area contributed by atoms with E-state index in [9.17, 15) is 9.90 Å². The normalized spacial score (nSPS) is 26.6. The van der Waals surface area contributed by atoms with Gasteiger partial charge in [0.25, 0.3) is 0 Å². The highest BCUT2D eigenvalue weighted by molar-refractivity contribution is 6.35. The molecule has 1 aliphatic rings. The Bertz CT molecular complexity index is 487. The molecule has 4 heteroatoms. The Balaban J connectivity index is 2.38. The Hall–Kier alpha value is -0.730. The van der Waals surface area contributed by atoms with Gasteiger partial charge in [-0.1, -0.05) is 49.0 Å². The molecule has 2 unspecified atom stereocenters. The smallest absolute Gasteiger partial charge is 0.314 e. The molecule has 0 radical (unpaired) electrons. The van der Waals surface area contributed by atoms with Crippen molar-refractivity contribution in [2.24, 2.45) is 5.92 Å². The Labute approximate surface area is 123 Å². The van der Waals surface area contributed by atoms with Crippen LogP contribution in [0.2, 0.25) is 10.0 Å². The van der Waals surface area contributed by atoms with Crippen LogP contribution >= 0.6 is 23.2 Å². The molecule has 0 aromatic heterocycles. The number of aliphatic carboxylic acids is 1. The quantitative estimate of drug-likeness (QED) is 0.857. The number of halogens is 2. The van der Waals surface area contributed by atoms with Gasteiger partial charge in [-0.2, -0.15) is 0 Å². The van der Waals surface area contributed by atoms with Crippen LogP contribution in [0.1, 0.15) is 44.6 Å². The first kappa shape index (κ1) is 14.7. The van der Waals surface area contributed by atoms with Gasteiger partial charge in [0.05, 0.1) is 5.41 Å². The van der Waals surface area contributed by atoms with Crippen molar-refractivity contribution in [3.8, 4) is 0 Å². The van der Waals surface area contributed by atoms with Crippen LogP contribution < -0.4 is 0 Å². The molecule has 1 saturated carbocycles. The summed E-state index contributed by atoms with van der Waals surface area (Å²) in [5.74, 6) is -0.289. The van der Waals surface area contributed by atoms with Gasteiger partial charge >= 0.3 is 5.97 Å². The van der Waals surface area contributed by atoms with Crippen molar-refractivity contribution >= 4 is 29.2 Å². The lowest BCUT2D eigenvalue weighted by Gasteiger charge is -2.26. The maximum absolute atomic E-state index is 11.8. The van der Waals surface area contributed by atoms with Crippen LogP contribution in [-0.2, 0) is 10.2 Å². The zero-order valence-electron chi connectivity index (χ0n) is 11.0. The second kappa shape index (κ2) is 5.72. The van der Waals surface area contributed by atoms with Crippen LogP contribution in [0.3, 0.4) is 0 Å². The van der Waals surface area contributed by atoms with E-state index in [0.29, 0.717) is 34.4 Å². The molecule has 0 bridgehead atoms. The molecule has 1 aliphatic carbocycles. The molecule has 1 N–H and O–H groups in total. The number of rotatable bonds is 4. The van der Waals surface area contributed by atoms with Crippen LogP contribution in [-0.4, -0.2) is 11.1 Å². The van der Waals surface area contributed by atoms with Gasteiger partial charge in [0.1, 0.15) is 0 Å². The molecule has 1 aromatic rings. The minimum atomic E-state index is -0.832. The zero-order chi connectivity index (χ0) is 14.0. The maximum Gasteiger partial charge on any atom is 0.314 e. The fourth-order valence-electron chi connectivity index (χ4n) is 3.23. The highest BCUT2D eigenvalue weighted by atomic mass is 35.5. The fraction of sp³-hybridized carbons (Fsp3) is 0.533. The number of carbonyl (C=O) groups is 1. The van der Waals surface area contributed by atoms with Gasteiger partial charge in [-0.25, -0.2) is 0 Å². The molecule has 2 nitrogen and oxygen atoms in total. The van der Waals surface area contributed by atoms with Gasteiger partial charge in [0, 0.05) is 10.0 Å². The zero-order valence-corrected chi connectivity index (χ0v) is 12.5. The lowest BCUT2D eigenvalue weighted by atomic mass is 9.78. The first-order valence-electron chi connectivity index (χ1n) is 6.68. The number of hydrogen-bond acceptors (Lipinski definition) is 1. The van der Waals surface area contributed by atoms with Gasteiger partial charge in [-0.05, 0) is 42.9 Å². The molecule has 0 heterocycles. The molecule has 2 atom stereocenters. The standard InChI is InChI=1S/C15H18Cl2O2/c1-2-3-10-6-7-15(9-10,14(18)19)12-5-4-11(16)8-13(12)17/h4-5,8,10H,2-3,6-7,9H2,1H3,(H,18,19). The third-order valence-electron chi connectivity index (χ3n) is 4.17. The first-order valence-corrected chi connectivity index (χ1v) is 7.44. The molecule has 0 saturated heterocycles. The monoisotopic (exact) mass is 300 g/mol. The van der Waals surface area contributed by atoms with E-state index in [2.05, 4.69) is 6.92 Å². The third kappa shape index (κ3) is 2.75. The maximum atomic E-state index is 11.8. The van der Waals surface area contributed by atoms with Crippen LogP contribution in [0.4, 0.5) is 0 Å². The first-order chi connectivity index (χ1) is 8.99. The summed E-state index contributed by atoms with van der Waals surface area (Å²) in [4.78, 5) is 11.8. The predicted octanol–water partition coefficient (Wildman–Crippen LogP) is 4.92. The summed E-state index contributed by atoms with van der Waals surface area (Å²) in [7, 11) is 0. The van der Waals surface area contributed by atoms with Crippen LogP contribution in [0, 0.1) is 5.92 Å². The Morgan fingerprint density at radius 1 is 1.47 bits per heavy atom. The van der Waals surface area contributed by atoms with Crippen molar-refractivity contribution in [3.05, 3.63) is 33.8 Å². The van der Waals surface area contributed by atoms with E-state index in [-0.39, 0.29) is 0 Å². The summed E-state index contributed by atoms with van der Waals surface area (Å²) in [6.45, 7) is 2.13. The Morgan fingerprint density at radius 2 is 2.21 bits per heavy atom. The van der Waals surface area contributed by atoms with Crippen molar-refractivity contribution in [2.45, 2.75) is 44.4 Å². The summed E-state index contributed by atoms with van der Waals surface area (Å²) < 4.78 is 0. The molecule has 0 spiro atoms. The van der Waals surface area contributed by atoms with E-state index in [1.165, 1.54) is 0 Å². The number of carboxylic acid groups (broad SMARTS) is 1. The Kier molecular flexibility index (Phi) is 4.42. The van der Waals surface area contributed by atoms with Gasteiger partial charge in [-0.15, -0.1) is 0 Å². The average Bonchev–Trinajstić information content (AvgIpc) is 2.75.